The van der Waals surface area contributed by atoms with Crippen molar-refractivity contribution in [1.29, 1.82) is 0 Å². The molecule has 2 aliphatic rings. The molecule has 1 aromatic rings. The normalized spacial score (nSPS) is 21.9. The quantitative estimate of drug-likeness (QED) is 0.806. The molecule has 2 fully saturated rings. The van der Waals surface area contributed by atoms with Gasteiger partial charge in [0.05, 0.1) is 0 Å². The minimum Gasteiger partial charge on any atom is -0.480 e. The van der Waals surface area contributed by atoms with Crippen LogP contribution in [-0.4, -0.2) is 72.3 Å². The summed E-state index contributed by atoms with van der Waals surface area (Å²) in [5.41, 5.74) is 2.76. The van der Waals surface area contributed by atoms with Crippen LogP contribution in [0, 0.1) is 13.8 Å². The number of hydrogen-bond donors (Lipinski definition) is 1. The number of piperidine rings is 1. The summed E-state index contributed by atoms with van der Waals surface area (Å²) in [6, 6.07) is 5.11. The van der Waals surface area contributed by atoms with E-state index < -0.39 is 22.2 Å². The summed E-state index contributed by atoms with van der Waals surface area (Å²) >= 11 is 0. The third kappa shape index (κ3) is 4.56. The lowest BCUT2D eigenvalue weighted by molar-refractivity contribution is -0.143. The van der Waals surface area contributed by atoms with E-state index in [9.17, 15) is 18.3 Å². The molecule has 156 valence electrons. The summed E-state index contributed by atoms with van der Waals surface area (Å²) in [7, 11) is -3.46. The van der Waals surface area contributed by atoms with Crippen LogP contribution in [0.3, 0.4) is 0 Å². The molecule has 0 amide bonds. The first-order valence-corrected chi connectivity index (χ1v) is 11.5. The van der Waals surface area contributed by atoms with Gasteiger partial charge in [0, 0.05) is 39.3 Å². The van der Waals surface area contributed by atoms with Gasteiger partial charge in [-0.15, -0.1) is 0 Å². The summed E-state index contributed by atoms with van der Waals surface area (Å²) < 4.78 is 29.1. The molecule has 1 atom stereocenters. The molecule has 0 bridgehead atoms. The van der Waals surface area contributed by atoms with Crippen molar-refractivity contribution in [2.24, 2.45) is 0 Å². The zero-order valence-corrected chi connectivity index (χ0v) is 17.6. The zero-order valence-electron chi connectivity index (χ0n) is 16.8. The highest BCUT2D eigenvalue weighted by molar-refractivity contribution is 7.86. The Balaban J connectivity index is 1.77. The van der Waals surface area contributed by atoms with Crippen molar-refractivity contribution in [1.82, 2.24) is 13.5 Å². The summed E-state index contributed by atoms with van der Waals surface area (Å²) in [6.45, 7) is 6.80. The minimum absolute atomic E-state index is 0.327. The summed E-state index contributed by atoms with van der Waals surface area (Å²) in [5.74, 6) is -0.888. The van der Waals surface area contributed by atoms with E-state index in [-0.39, 0.29) is 0 Å². The van der Waals surface area contributed by atoms with Gasteiger partial charge in [-0.2, -0.15) is 17.0 Å². The molecule has 0 saturated carbocycles. The van der Waals surface area contributed by atoms with Gasteiger partial charge in [0.15, 0.2) is 0 Å². The molecule has 7 nitrogen and oxygen atoms in total. The number of hydrogen-bond acceptors (Lipinski definition) is 4. The Morgan fingerprint density at radius 2 is 1.57 bits per heavy atom. The number of carboxylic acid groups (broad SMARTS) is 1. The van der Waals surface area contributed by atoms with Crippen LogP contribution in [0.4, 0.5) is 0 Å². The smallest absolute Gasteiger partial charge is 0.325 e. The van der Waals surface area contributed by atoms with Crippen molar-refractivity contribution in [2.75, 3.05) is 39.3 Å². The molecule has 3 rings (SSSR count). The SMILES string of the molecule is Cc1ccc(C)c(C(C(=O)O)N2CCCN(S(=O)(=O)N3CCCCC3)CC2)c1. The van der Waals surface area contributed by atoms with Gasteiger partial charge in [0.1, 0.15) is 6.04 Å². The average Bonchev–Trinajstić information content (AvgIpc) is 2.92. The van der Waals surface area contributed by atoms with Crippen LogP contribution in [0.25, 0.3) is 0 Å². The lowest BCUT2D eigenvalue weighted by Gasteiger charge is -2.32. The van der Waals surface area contributed by atoms with Crippen molar-refractivity contribution >= 4 is 16.2 Å². The minimum atomic E-state index is -3.46. The predicted molar refractivity (Wildman–Crippen MR) is 108 cm³/mol. The van der Waals surface area contributed by atoms with Crippen molar-refractivity contribution < 1.29 is 18.3 Å². The predicted octanol–water partition coefficient (Wildman–Crippen LogP) is 2.17. The van der Waals surface area contributed by atoms with Crippen molar-refractivity contribution in [3.05, 3.63) is 34.9 Å². The fourth-order valence-electron chi connectivity index (χ4n) is 4.20. The van der Waals surface area contributed by atoms with Crippen LogP contribution in [0.5, 0.6) is 0 Å². The second-order valence-electron chi connectivity index (χ2n) is 7.86. The molecule has 1 aromatic carbocycles. The number of carboxylic acids is 1. The van der Waals surface area contributed by atoms with Crippen LogP contribution in [0.15, 0.2) is 18.2 Å². The fraction of sp³-hybridized carbons (Fsp3) is 0.650. The first kappa shape index (κ1) is 21.2. The Morgan fingerprint density at radius 3 is 2.25 bits per heavy atom. The topological polar surface area (TPSA) is 81.2 Å². The van der Waals surface area contributed by atoms with Gasteiger partial charge < -0.3 is 5.11 Å². The van der Waals surface area contributed by atoms with E-state index in [1.54, 1.807) is 8.61 Å². The lowest BCUT2D eigenvalue weighted by atomic mass is 9.97. The molecular weight excluding hydrogens is 378 g/mol. The van der Waals surface area contributed by atoms with Crippen LogP contribution in [0.2, 0.25) is 0 Å². The Morgan fingerprint density at radius 1 is 0.929 bits per heavy atom. The summed E-state index contributed by atoms with van der Waals surface area (Å²) in [6.07, 6.45) is 3.53. The number of rotatable bonds is 5. The number of carbonyl (C=O) groups is 1. The highest BCUT2D eigenvalue weighted by Crippen LogP contribution is 2.27. The molecule has 2 aliphatic heterocycles. The van der Waals surface area contributed by atoms with E-state index in [0.29, 0.717) is 45.7 Å². The van der Waals surface area contributed by atoms with E-state index in [1.807, 2.05) is 36.9 Å². The highest BCUT2D eigenvalue weighted by atomic mass is 32.2. The molecule has 0 spiro atoms. The average molecular weight is 410 g/mol. The standard InChI is InChI=1S/C20H31N3O4S/c1-16-7-8-17(2)18(15-16)19(20(24)25)21-9-6-12-23(14-13-21)28(26,27)22-10-4-3-5-11-22/h7-8,15,19H,3-6,9-14H2,1-2H3,(H,24,25). The fourth-order valence-corrected chi connectivity index (χ4v) is 5.92. The summed E-state index contributed by atoms with van der Waals surface area (Å²) in [5, 5.41) is 9.93. The van der Waals surface area contributed by atoms with E-state index >= 15 is 0 Å². The maximum atomic E-state index is 13.0. The molecule has 1 unspecified atom stereocenters. The van der Waals surface area contributed by atoms with Crippen molar-refractivity contribution in [3.63, 3.8) is 0 Å². The Labute approximate surface area is 168 Å². The Kier molecular flexibility index (Phi) is 6.75. The second-order valence-corrected chi connectivity index (χ2v) is 9.79. The second kappa shape index (κ2) is 8.90. The largest absolute Gasteiger partial charge is 0.480 e. The Bertz CT molecular complexity index is 806. The Hall–Kier alpha value is -1.48. The van der Waals surface area contributed by atoms with Gasteiger partial charge in [-0.25, -0.2) is 0 Å². The van der Waals surface area contributed by atoms with Crippen LogP contribution in [-0.2, 0) is 15.0 Å². The molecule has 1 N–H and O–H groups in total. The first-order chi connectivity index (χ1) is 13.3. The molecular formula is C20H31N3O4S. The van der Waals surface area contributed by atoms with Crippen molar-refractivity contribution in [2.45, 2.75) is 45.6 Å². The summed E-state index contributed by atoms with van der Waals surface area (Å²) in [4.78, 5) is 14.0. The van der Waals surface area contributed by atoms with Crippen LogP contribution < -0.4 is 0 Å². The molecule has 8 heteroatoms. The van der Waals surface area contributed by atoms with E-state index in [4.69, 9.17) is 0 Å². The molecule has 28 heavy (non-hydrogen) atoms. The number of nitrogens with zero attached hydrogens (tertiary/aromatic N) is 3. The number of benzene rings is 1. The van der Waals surface area contributed by atoms with Gasteiger partial charge in [-0.05, 0) is 44.2 Å². The monoisotopic (exact) mass is 409 g/mol. The molecule has 0 aromatic heterocycles. The third-order valence-electron chi connectivity index (χ3n) is 5.79. The zero-order chi connectivity index (χ0) is 20.3. The molecule has 0 radical (unpaired) electrons. The van der Waals surface area contributed by atoms with Gasteiger partial charge >= 0.3 is 5.97 Å². The molecule has 2 saturated heterocycles. The molecule has 0 aliphatic carbocycles. The molecule has 2 heterocycles. The number of aliphatic carboxylic acids is 1. The van der Waals surface area contributed by atoms with Crippen LogP contribution >= 0.6 is 0 Å². The maximum absolute atomic E-state index is 13.0. The third-order valence-corrected chi connectivity index (χ3v) is 7.82. The van der Waals surface area contributed by atoms with E-state index in [2.05, 4.69) is 0 Å². The highest BCUT2D eigenvalue weighted by Gasteiger charge is 2.35. The van der Waals surface area contributed by atoms with Gasteiger partial charge in [0.25, 0.3) is 10.2 Å². The van der Waals surface area contributed by atoms with Gasteiger partial charge in [-0.1, -0.05) is 30.2 Å². The van der Waals surface area contributed by atoms with E-state index in [1.165, 1.54) is 0 Å². The van der Waals surface area contributed by atoms with Crippen molar-refractivity contribution in [3.8, 4) is 0 Å². The van der Waals surface area contributed by atoms with E-state index in [0.717, 1.165) is 36.0 Å². The van der Waals surface area contributed by atoms with Crippen LogP contribution in [0.1, 0.15) is 48.4 Å². The lowest BCUT2D eigenvalue weighted by Crippen LogP contribution is -2.47. The van der Waals surface area contributed by atoms with Gasteiger partial charge in [0.2, 0.25) is 0 Å². The van der Waals surface area contributed by atoms with Gasteiger partial charge in [-0.3, -0.25) is 9.69 Å². The maximum Gasteiger partial charge on any atom is 0.325 e. The first-order valence-electron chi connectivity index (χ1n) is 10.1. The number of aryl methyl sites for hydroxylation is 2.